The summed E-state index contributed by atoms with van der Waals surface area (Å²) < 4.78 is 25.4. The van der Waals surface area contributed by atoms with Gasteiger partial charge in [-0.1, -0.05) is 35.9 Å². The molecule has 27 heavy (non-hydrogen) atoms. The van der Waals surface area contributed by atoms with Crippen molar-refractivity contribution in [1.82, 2.24) is 9.62 Å². The van der Waals surface area contributed by atoms with Gasteiger partial charge in [-0.25, -0.2) is 12.7 Å². The van der Waals surface area contributed by atoms with Crippen LogP contribution in [0.15, 0.2) is 53.4 Å². The lowest BCUT2D eigenvalue weighted by molar-refractivity contribution is -0.120. The minimum absolute atomic E-state index is 0.0543. The summed E-state index contributed by atoms with van der Waals surface area (Å²) >= 11 is 7.47. The average Bonchev–Trinajstić information content (AvgIpc) is 2.84. The zero-order valence-corrected chi connectivity index (χ0v) is 16.6. The zero-order valence-electron chi connectivity index (χ0n) is 14.2. The van der Waals surface area contributed by atoms with E-state index >= 15 is 0 Å². The second kappa shape index (κ2) is 8.33. The molecule has 0 spiro atoms. The Kier molecular flexibility index (Phi) is 6.08. The number of hydrogen-bond donors (Lipinski definition) is 1. The number of hydrogen-bond acceptors (Lipinski definition) is 5. The standard InChI is InChI=1S/C18H17ClN2O4S2/c19-14-7-5-13(6-8-14)12-26-10-9-20-17(22)11-21-18(23)15-3-1-2-4-16(15)27(21,24)25/h1-8H,9-12H2,(H,20,22). The van der Waals surface area contributed by atoms with Crippen molar-refractivity contribution < 1.29 is 18.0 Å². The summed E-state index contributed by atoms with van der Waals surface area (Å²) in [5, 5.41) is 3.34. The Balaban J connectivity index is 1.46. The van der Waals surface area contributed by atoms with Gasteiger partial charge in [-0.15, -0.1) is 0 Å². The van der Waals surface area contributed by atoms with E-state index < -0.39 is 28.4 Å². The van der Waals surface area contributed by atoms with Crippen LogP contribution in [0.3, 0.4) is 0 Å². The summed E-state index contributed by atoms with van der Waals surface area (Å²) in [4.78, 5) is 24.3. The smallest absolute Gasteiger partial charge is 0.269 e. The number of halogens is 1. The molecule has 0 saturated carbocycles. The number of fused-ring (bicyclic) bond motifs is 1. The molecular weight excluding hydrogens is 408 g/mol. The van der Waals surface area contributed by atoms with Crippen LogP contribution in [0, 0.1) is 0 Å². The van der Waals surface area contributed by atoms with Gasteiger partial charge in [0.15, 0.2) is 0 Å². The molecule has 0 fully saturated rings. The number of thioether (sulfide) groups is 1. The van der Waals surface area contributed by atoms with Gasteiger partial charge in [-0.2, -0.15) is 11.8 Å². The van der Waals surface area contributed by atoms with E-state index in [1.54, 1.807) is 23.9 Å². The van der Waals surface area contributed by atoms with Gasteiger partial charge in [0, 0.05) is 23.1 Å². The molecule has 0 aromatic heterocycles. The number of carbonyl (C=O) groups excluding carboxylic acids is 2. The highest BCUT2D eigenvalue weighted by molar-refractivity contribution is 7.98. The van der Waals surface area contributed by atoms with Gasteiger partial charge in [0.1, 0.15) is 11.4 Å². The van der Waals surface area contributed by atoms with Crippen LogP contribution in [0.5, 0.6) is 0 Å². The second-order valence-electron chi connectivity index (χ2n) is 5.84. The molecule has 2 amide bonds. The highest BCUT2D eigenvalue weighted by Crippen LogP contribution is 2.29. The summed E-state index contributed by atoms with van der Waals surface area (Å²) in [7, 11) is -3.96. The van der Waals surface area contributed by atoms with E-state index in [9.17, 15) is 18.0 Å². The topological polar surface area (TPSA) is 83.6 Å². The number of sulfonamides is 1. The lowest BCUT2D eigenvalue weighted by Crippen LogP contribution is -2.40. The molecule has 0 atom stereocenters. The summed E-state index contributed by atoms with van der Waals surface area (Å²) in [6.45, 7) is -0.135. The van der Waals surface area contributed by atoms with Crippen LogP contribution < -0.4 is 5.32 Å². The van der Waals surface area contributed by atoms with Gasteiger partial charge in [0.2, 0.25) is 5.91 Å². The van der Waals surface area contributed by atoms with E-state index in [0.29, 0.717) is 21.6 Å². The normalized spacial score (nSPS) is 14.9. The zero-order chi connectivity index (χ0) is 19.4. The molecule has 1 heterocycles. The Morgan fingerprint density at radius 3 is 2.52 bits per heavy atom. The molecule has 1 aliphatic heterocycles. The minimum atomic E-state index is -3.96. The molecule has 0 saturated heterocycles. The highest BCUT2D eigenvalue weighted by atomic mass is 35.5. The third-order valence-electron chi connectivity index (χ3n) is 3.95. The largest absolute Gasteiger partial charge is 0.354 e. The minimum Gasteiger partial charge on any atom is -0.354 e. The fraction of sp³-hybridized carbons (Fsp3) is 0.222. The second-order valence-corrected chi connectivity index (χ2v) is 9.21. The van der Waals surface area contributed by atoms with Crippen LogP contribution in [0.25, 0.3) is 0 Å². The molecule has 0 unspecified atom stereocenters. The van der Waals surface area contributed by atoms with E-state index in [0.717, 1.165) is 11.3 Å². The summed E-state index contributed by atoms with van der Waals surface area (Å²) in [6, 6.07) is 13.5. The number of nitrogens with one attached hydrogen (secondary N) is 1. The molecule has 0 radical (unpaired) electrons. The van der Waals surface area contributed by atoms with Crippen LogP contribution >= 0.6 is 23.4 Å². The first-order valence-electron chi connectivity index (χ1n) is 8.14. The van der Waals surface area contributed by atoms with Crippen LogP contribution in [0.2, 0.25) is 5.02 Å². The predicted octanol–water partition coefficient (Wildman–Crippen LogP) is 2.53. The number of carbonyl (C=O) groups is 2. The highest BCUT2D eigenvalue weighted by Gasteiger charge is 2.41. The maximum absolute atomic E-state index is 12.4. The molecule has 6 nitrogen and oxygen atoms in total. The average molecular weight is 425 g/mol. The first-order valence-corrected chi connectivity index (χ1v) is 11.1. The lowest BCUT2D eigenvalue weighted by Gasteiger charge is -2.14. The van der Waals surface area contributed by atoms with Crippen molar-refractivity contribution in [1.29, 1.82) is 0 Å². The molecule has 0 bridgehead atoms. The molecular formula is C18H17ClN2O4S2. The molecule has 3 rings (SSSR count). The fourth-order valence-corrected chi connectivity index (χ4v) is 5.08. The third kappa shape index (κ3) is 4.45. The summed E-state index contributed by atoms with van der Waals surface area (Å²) in [6.07, 6.45) is 0. The van der Waals surface area contributed by atoms with Crippen molar-refractivity contribution in [3.05, 3.63) is 64.7 Å². The van der Waals surface area contributed by atoms with Gasteiger partial charge in [-0.05, 0) is 29.8 Å². The van der Waals surface area contributed by atoms with Crippen LogP contribution in [-0.2, 0) is 20.6 Å². The van der Waals surface area contributed by atoms with Gasteiger partial charge >= 0.3 is 0 Å². The Bertz CT molecular complexity index is 962. The van der Waals surface area contributed by atoms with Gasteiger partial charge in [0.25, 0.3) is 15.9 Å². The fourth-order valence-electron chi connectivity index (χ4n) is 2.61. The molecule has 1 aliphatic rings. The van der Waals surface area contributed by atoms with E-state index in [1.165, 1.54) is 12.1 Å². The molecule has 1 N–H and O–H groups in total. The maximum Gasteiger partial charge on any atom is 0.269 e. The van der Waals surface area contributed by atoms with E-state index in [4.69, 9.17) is 11.6 Å². The Hall–Kier alpha value is -2.03. The van der Waals surface area contributed by atoms with Gasteiger partial charge < -0.3 is 5.32 Å². The first kappa shape index (κ1) is 19.7. The number of nitrogens with zero attached hydrogens (tertiary/aromatic N) is 1. The van der Waals surface area contributed by atoms with E-state index in [-0.39, 0.29) is 10.5 Å². The lowest BCUT2D eigenvalue weighted by atomic mass is 10.2. The monoisotopic (exact) mass is 424 g/mol. The number of rotatable bonds is 7. The van der Waals surface area contributed by atoms with Crippen molar-refractivity contribution in [2.24, 2.45) is 0 Å². The van der Waals surface area contributed by atoms with E-state index in [2.05, 4.69) is 5.32 Å². The quantitative estimate of drug-likeness (QED) is 0.690. The van der Waals surface area contributed by atoms with Crippen molar-refractivity contribution >= 4 is 45.2 Å². The summed E-state index contributed by atoms with van der Waals surface area (Å²) in [5.74, 6) is 0.265. The van der Waals surface area contributed by atoms with Crippen molar-refractivity contribution in [2.45, 2.75) is 10.6 Å². The SMILES string of the molecule is O=C(CN1C(=O)c2ccccc2S1(=O)=O)NCCSCc1ccc(Cl)cc1. The van der Waals surface area contributed by atoms with Crippen molar-refractivity contribution in [3.8, 4) is 0 Å². The van der Waals surface area contributed by atoms with Crippen LogP contribution in [0.1, 0.15) is 15.9 Å². The first-order chi connectivity index (χ1) is 12.9. The Morgan fingerprint density at radius 2 is 1.81 bits per heavy atom. The number of amides is 2. The van der Waals surface area contributed by atoms with E-state index in [1.807, 2.05) is 24.3 Å². The molecule has 2 aromatic rings. The Morgan fingerprint density at radius 1 is 1.11 bits per heavy atom. The molecule has 142 valence electrons. The third-order valence-corrected chi connectivity index (χ3v) is 7.02. The Labute approximate surface area is 166 Å². The van der Waals surface area contributed by atoms with Crippen LogP contribution in [0.4, 0.5) is 0 Å². The molecule has 9 heteroatoms. The van der Waals surface area contributed by atoms with Crippen molar-refractivity contribution in [2.75, 3.05) is 18.8 Å². The predicted molar refractivity (Wildman–Crippen MR) is 105 cm³/mol. The van der Waals surface area contributed by atoms with Crippen LogP contribution in [-0.4, -0.2) is 43.4 Å². The summed E-state index contributed by atoms with van der Waals surface area (Å²) in [5.41, 5.74) is 1.23. The van der Waals surface area contributed by atoms with Crippen molar-refractivity contribution in [3.63, 3.8) is 0 Å². The van der Waals surface area contributed by atoms with Gasteiger partial charge in [-0.3, -0.25) is 9.59 Å². The van der Waals surface area contributed by atoms with Gasteiger partial charge in [0.05, 0.1) is 5.56 Å². The maximum atomic E-state index is 12.4. The molecule has 0 aliphatic carbocycles. The molecule has 2 aromatic carbocycles. The number of benzene rings is 2.